The number of para-hydroxylation sites is 1. The predicted octanol–water partition coefficient (Wildman–Crippen LogP) is 3.43. The van der Waals surface area contributed by atoms with E-state index in [9.17, 15) is 4.79 Å². The Morgan fingerprint density at radius 1 is 1.00 bits per heavy atom. The molecule has 1 heterocycles. The number of carbonyl (C=O) groups excluding carboxylic acids is 1. The standard InChI is InChI=1S/C19H17N3O/c23-19(20-15-11-12-15)17-13-22(16-9-5-2-6-10-16)21-18(17)14-7-3-1-4-8-14/h1-10,13,15H,11-12H2,(H,20,23). The molecule has 1 N–H and O–H groups in total. The highest BCUT2D eigenvalue weighted by Gasteiger charge is 2.26. The summed E-state index contributed by atoms with van der Waals surface area (Å²) in [6.45, 7) is 0. The van der Waals surface area contributed by atoms with Gasteiger partial charge in [-0.2, -0.15) is 5.10 Å². The van der Waals surface area contributed by atoms with Gasteiger partial charge in [0, 0.05) is 17.8 Å². The first-order valence-corrected chi connectivity index (χ1v) is 7.82. The van der Waals surface area contributed by atoms with Crippen LogP contribution in [0.5, 0.6) is 0 Å². The van der Waals surface area contributed by atoms with Crippen LogP contribution in [0.3, 0.4) is 0 Å². The van der Waals surface area contributed by atoms with Crippen molar-refractivity contribution in [3.8, 4) is 16.9 Å². The second-order valence-corrected chi connectivity index (χ2v) is 5.79. The first-order valence-electron chi connectivity index (χ1n) is 7.82. The maximum Gasteiger partial charge on any atom is 0.255 e. The normalized spacial score (nSPS) is 13.7. The van der Waals surface area contributed by atoms with E-state index in [4.69, 9.17) is 0 Å². The van der Waals surface area contributed by atoms with Gasteiger partial charge in [0.25, 0.3) is 5.91 Å². The Kier molecular flexibility index (Phi) is 3.42. The minimum atomic E-state index is -0.0477. The van der Waals surface area contributed by atoms with Crippen LogP contribution in [-0.4, -0.2) is 21.7 Å². The van der Waals surface area contributed by atoms with Gasteiger partial charge < -0.3 is 5.32 Å². The minimum Gasteiger partial charge on any atom is -0.349 e. The molecule has 2 aromatic carbocycles. The molecule has 1 aliphatic carbocycles. The third-order valence-electron chi connectivity index (χ3n) is 3.94. The SMILES string of the molecule is O=C(NC1CC1)c1cn(-c2ccccc2)nc1-c1ccccc1. The highest BCUT2D eigenvalue weighted by atomic mass is 16.1. The summed E-state index contributed by atoms with van der Waals surface area (Å²) in [5, 5.41) is 7.71. The Bertz CT molecular complexity index is 820. The topological polar surface area (TPSA) is 46.9 Å². The molecule has 1 amide bonds. The fourth-order valence-electron chi connectivity index (χ4n) is 2.55. The first kappa shape index (κ1) is 13.8. The lowest BCUT2D eigenvalue weighted by Gasteiger charge is -2.03. The highest BCUT2D eigenvalue weighted by molar-refractivity contribution is 6.00. The number of benzene rings is 2. The van der Waals surface area contributed by atoms with Crippen LogP contribution in [0, 0.1) is 0 Å². The van der Waals surface area contributed by atoms with Crippen LogP contribution in [0.4, 0.5) is 0 Å². The Balaban J connectivity index is 1.78. The highest BCUT2D eigenvalue weighted by Crippen LogP contribution is 2.25. The molecule has 23 heavy (non-hydrogen) atoms. The molecule has 3 aromatic rings. The quantitative estimate of drug-likeness (QED) is 0.802. The fourth-order valence-corrected chi connectivity index (χ4v) is 2.55. The summed E-state index contributed by atoms with van der Waals surface area (Å²) < 4.78 is 1.77. The Labute approximate surface area is 134 Å². The lowest BCUT2D eigenvalue weighted by molar-refractivity contribution is 0.0951. The van der Waals surface area contributed by atoms with Crippen LogP contribution in [0.2, 0.25) is 0 Å². The monoisotopic (exact) mass is 303 g/mol. The van der Waals surface area contributed by atoms with Crippen molar-refractivity contribution < 1.29 is 4.79 Å². The third kappa shape index (κ3) is 2.88. The molecule has 4 heteroatoms. The summed E-state index contributed by atoms with van der Waals surface area (Å²) in [5.74, 6) is -0.0477. The number of hydrogen-bond donors (Lipinski definition) is 1. The molecule has 114 valence electrons. The van der Waals surface area contributed by atoms with Gasteiger partial charge >= 0.3 is 0 Å². The second kappa shape index (κ2) is 5.72. The molecular formula is C19H17N3O. The van der Waals surface area contributed by atoms with Gasteiger partial charge in [-0.15, -0.1) is 0 Å². The van der Waals surface area contributed by atoms with E-state index >= 15 is 0 Å². The molecule has 0 radical (unpaired) electrons. The molecule has 1 saturated carbocycles. The van der Waals surface area contributed by atoms with E-state index in [1.54, 1.807) is 4.68 Å². The summed E-state index contributed by atoms with van der Waals surface area (Å²) in [5.41, 5.74) is 3.22. The van der Waals surface area contributed by atoms with Gasteiger partial charge in [0.1, 0.15) is 5.69 Å². The maximum atomic E-state index is 12.6. The molecule has 0 spiro atoms. The van der Waals surface area contributed by atoms with Gasteiger partial charge in [-0.25, -0.2) is 4.68 Å². The Morgan fingerprint density at radius 2 is 1.65 bits per heavy atom. The molecule has 1 fully saturated rings. The number of rotatable bonds is 4. The minimum absolute atomic E-state index is 0.0477. The van der Waals surface area contributed by atoms with Crippen molar-refractivity contribution in [2.75, 3.05) is 0 Å². The van der Waals surface area contributed by atoms with Crippen molar-refractivity contribution in [1.82, 2.24) is 15.1 Å². The van der Waals surface area contributed by atoms with E-state index in [2.05, 4.69) is 10.4 Å². The maximum absolute atomic E-state index is 12.6. The van der Waals surface area contributed by atoms with E-state index in [0.717, 1.165) is 24.1 Å². The van der Waals surface area contributed by atoms with Gasteiger partial charge in [0.15, 0.2) is 0 Å². The zero-order valence-corrected chi connectivity index (χ0v) is 12.6. The number of aromatic nitrogens is 2. The van der Waals surface area contributed by atoms with E-state index in [1.165, 1.54) is 0 Å². The number of nitrogens with zero attached hydrogens (tertiary/aromatic N) is 2. The lowest BCUT2D eigenvalue weighted by Crippen LogP contribution is -2.25. The van der Waals surface area contributed by atoms with Crippen molar-refractivity contribution in [3.05, 3.63) is 72.4 Å². The molecular weight excluding hydrogens is 286 g/mol. The Hall–Kier alpha value is -2.88. The third-order valence-corrected chi connectivity index (χ3v) is 3.94. The number of hydrogen-bond acceptors (Lipinski definition) is 2. The van der Waals surface area contributed by atoms with Gasteiger partial charge in [-0.3, -0.25) is 4.79 Å². The zero-order chi connectivity index (χ0) is 15.6. The lowest BCUT2D eigenvalue weighted by atomic mass is 10.1. The molecule has 4 nitrogen and oxygen atoms in total. The smallest absolute Gasteiger partial charge is 0.255 e. The van der Waals surface area contributed by atoms with Crippen LogP contribution in [0.15, 0.2) is 66.9 Å². The van der Waals surface area contributed by atoms with E-state index in [1.807, 2.05) is 66.9 Å². The van der Waals surface area contributed by atoms with Gasteiger partial charge in [0.2, 0.25) is 0 Å². The van der Waals surface area contributed by atoms with Crippen LogP contribution in [-0.2, 0) is 0 Å². The van der Waals surface area contributed by atoms with Gasteiger partial charge in [0.05, 0.1) is 11.3 Å². The molecule has 0 bridgehead atoms. The molecule has 4 rings (SSSR count). The molecule has 1 aliphatic rings. The van der Waals surface area contributed by atoms with Crippen molar-refractivity contribution >= 4 is 5.91 Å². The summed E-state index contributed by atoms with van der Waals surface area (Å²) in [4.78, 5) is 12.6. The van der Waals surface area contributed by atoms with Crippen molar-refractivity contribution in [3.63, 3.8) is 0 Å². The number of amides is 1. The molecule has 0 atom stereocenters. The first-order chi connectivity index (χ1) is 11.3. The summed E-state index contributed by atoms with van der Waals surface area (Å²) in [6, 6.07) is 20.0. The van der Waals surface area contributed by atoms with Crippen molar-refractivity contribution in [2.24, 2.45) is 0 Å². The molecule has 1 aromatic heterocycles. The average molecular weight is 303 g/mol. The summed E-state index contributed by atoms with van der Waals surface area (Å²) >= 11 is 0. The zero-order valence-electron chi connectivity index (χ0n) is 12.6. The predicted molar refractivity (Wildman–Crippen MR) is 89.5 cm³/mol. The fraction of sp³-hybridized carbons (Fsp3) is 0.158. The largest absolute Gasteiger partial charge is 0.349 e. The molecule has 0 unspecified atom stereocenters. The average Bonchev–Trinajstić information content (AvgIpc) is 3.30. The summed E-state index contributed by atoms with van der Waals surface area (Å²) in [6.07, 6.45) is 3.95. The number of carbonyl (C=O) groups is 1. The van der Waals surface area contributed by atoms with Crippen LogP contribution >= 0.6 is 0 Å². The van der Waals surface area contributed by atoms with E-state index in [-0.39, 0.29) is 5.91 Å². The Morgan fingerprint density at radius 3 is 2.30 bits per heavy atom. The van der Waals surface area contributed by atoms with Crippen LogP contribution in [0.25, 0.3) is 16.9 Å². The van der Waals surface area contributed by atoms with Crippen LogP contribution in [0.1, 0.15) is 23.2 Å². The van der Waals surface area contributed by atoms with E-state index in [0.29, 0.717) is 17.3 Å². The summed E-state index contributed by atoms with van der Waals surface area (Å²) in [7, 11) is 0. The van der Waals surface area contributed by atoms with Crippen LogP contribution < -0.4 is 5.32 Å². The molecule has 0 aliphatic heterocycles. The second-order valence-electron chi connectivity index (χ2n) is 5.79. The molecule has 0 saturated heterocycles. The number of nitrogens with one attached hydrogen (secondary N) is 1. The van der Waals surface area contributed by atoms with Gasteiger partial charge in [-0.1, -0.05) is 48.5 Å². The van der Waals surface area contributed by atoms with Crippen molar-refractivity contribution in [1.29, 1.82) is 0 Å². The van der Waals surface area contributed by atoms with E-state index < -0.39 is 0 Å². The van der Waals surface area contributed by atoms with Crippen molar-refractivity contribution in [2.45, 2.75) is 18.9 Å². The van der Waals surface area contributed by atoms with Gasteiger partial charge in [-0.05, 0) is 25.0 Å².